The third-order valence-electron chi connectivity index (χ3n) is 2.20. The van der Waals surface area contributed by atoms with Crippen LogP contribution in [0.15, 0.2) is 36.4 Å². The number of hydrogen-bond acceptors (Lipinski definition) is 1. The van der Waals surface area contributed by atoms with Crippen LogP contribution in [0.3, 0.4) is 0 Å². The summed E-state index contributed by atoms with van der Waals surface area (Å²) in [4.78, 5) is 0. The molecule has 0 aliphatic carbocycles. The Morgan fingerprint density at radius 2 is 2.08 bits per heavy atom. The molecule has 1 aliphatic heterocycles. The molecule has 1 aromatic rings. The van der Waals surface area contributed by atoms with Gasteiger partial charge in [0, 0.05) is 12.6 Å². The van der Waals surface area contributed by atoms with E-state index in [1.165, 1.54) is 11.1 Å². The molecule has 0 amide bonds. The maximum Gasteiger partial charge on any atom is 0.0450 e. The van der Waals surface area contributed by atoms with Crippen molar-refractivity contribution in [3.05, 3.63) is 42.0 Å². The summed E-state index contributed by atoms with van der Waals surface area (Å²) >= 11 is 0. The molecule has 1 fully saturated rings. The minimum absolute atomic E-state index is 0.609. The van der Waals surface area contributed by atoms with Gasteiger partial charge < -0.3 is 5.32 Å². The van der Waals surface area contributed by atoms with E-state index in [0.717, 1.165) is 6.54 Å². The van der Waals surface area contributed by atoms with Gasteiger partial charge in [-0.3, -0.25) is 0 Å². The van der Waals surface area contributed by atoms with E-state index >= 15 is 0 Å². The van der Waals surface area contributed by atoms with Gasteiger partial charge in [-0.05, 0) is 18.1 Å². The van der Waals surface area contributed by atoms with E-state index in [4.69, 9.17) is 0 Å². The third-order valence-corrected chi connectivity index (χ3v) is 2.20. The molecule has 1 nitrogen and oxygen atoms in total. The van der Waals surface area contributed by atoms with Gasteiger partial charge in [0.2, 0.25) is 0 Å². The summed E-state index contributed by atoms with van der Waals surface area (Å²) in [5, 5.41) is 3.32. The molecule has 1 heteroatoms. The number of benzene rings is 1. The average molecular weight is 159 g/mol. The molecule has 0 bridgehead atoms. The number of hydrogen-bond donors (Lipinski definition) is 1. The van der Waals surface area contributed by atoms with Crippen molar-refractivity contribution in [2.24, 2.45) is 0 Å². The smallest absolute Gasteiger partial charge is 0.0450 e. The van der Waals surface area contributed by atoms with Gasteiger partial charge in [-0.25, -0.2) is 0 Å². The van der Waals surface area contributed by atoms with E-state index in [0.29, 0.717) is 6.04 Å². The summed E-state index contributed by atoms with van der Waals surface area (Å²) in [6.45, 7) is 3.23. The highest BCUT2D eigenvalue weighted by molar-refractivity contribution is 5.71. The van der Waals surface area contributed by atoms with Crippen molar-refractivity contribution in [2.75, 3.05) is 6.54 Å². The van der Waals surface area contributed by atoms with Crippen molar-refractivity contribution in [3.63, 3.8) is 0 Å². The van der Waals surface area contributed by atoms with Crippen LogP contribution in [0.1, 0.15) is 12.5 Å². The van der Waals surface area contributed by atoms with Crippen LogP contribution in [0.2, 0.25) is 0 Å². The lowest BCUT2D eigenvalue weighted by atomic mass is 10.0. The van der Waals surface area contributed by atoms with Crippen LogP contribution < -0.4 is 5.32 Å². The molecule has 0 aromatic heterocycles. The van der Waals surface area contributed by atoms with E-state index < -0.39 is 0 Å². The van der Waals surface area contributed by atoms with Crippen molar-refractivity contribution in [1.82, 2.24) is 5.32 Å². The zero-order chi connectivity index (χ0) is 8.39. The summed E-state index contributed by atoms with van der Waals surface area (Å²) in [5.74, 6) is 0. The topological polar surface area (TPSA) is 21.9 Å². The fourth-order valence-corrected chi connectivity index (χ4v) is 1.48. The first-order chi connectivity index (χ1) is 5.92. The Morgan fingerprint density at radius 3 is 2.58 bits per heavy atom. The number of allylic oxidation sites excluding steroid dienone is 1. The van der Waals surface area contributed by atoms with Gasteiger partial charge in [0.1, 0.15) is 0 Å². The highest BCUT2D eigenvalue weighted by Gasteiger charge is 2.24. The third kappa shape index (κ3) is 1.41. The van der Waals surface area contributed by atoms with Crippen molar-refractivity contribution in [1.29, 1.82) is 0 Å². The minimum Gasteiger partial charge on any atom is -0.307 e. The molecule has 0 spiro atoms. The molecule has 1 aromatic carbocycles. The van der Waals surface area contributed by atoms with Crippen LogP contribution in [0.4, 0.5) is 0 Å². The van der Waals surface area contributed by atoms with Gasteiger partial charge >= 0.3 is 0 Å². The molecule has 1 atom stereocenters. The van der Waals surface area contributed by atoms with Crippen molar-refractivity contribution < 1.29 is 0 Å². The maximum atomic E-state index is 3.32. The largest absolute Gasteiger partial charge is 0.307 e. The van der Waals surface area contributed by atoms with E-state index in [9.17, 15) is 0 Å². The van der Waals surface area contributed by atoms with E-state index in [-0.39, 0.29) is 0 Å². The summed E-state index contributed by atoms with van der Waals surface area (Å²) in [5.41, 5.74) is 2.77. The number of nitrogens with one attached hydrogen (secondary N) is 1. The zero-order valence-corrected chi connectivity index (χ0v) is 7.25. The Bertz CT molecular complexity index is 283. The normalized spacial score (nSPS) is 22.4. The zero-order valence-electron chi connectivity index (χ0n) is 7.25. The van der Waals surface area contributed by atoms with Crippen LogP contribution in [0.25, 0.3) is 5.57 Å². The summed E-state index contributed by atoms with van der Waals surface area (Å²) < 4.78 is 0. The second-order valence-corrected chi connectivity index (χ2v) is 3.07. The molecular formula is C11H13N. The standard InChI is InChI=1S/C11H13N/c1-2-10(11-8-12-11)9-6-4-3-5-7-9/h2-7,11-12H,8H2,1H3/b10-2-. The summed E-state index contributed by atoms with van der Waals surface area (Å²) in [7, 11) is 0. The first-order valence-corrected chi connectivity index (χ1v) is 4.37. The van der Waals surface area contributed by atoms with Gasteiger partial charge in [0.15, 0.2) is 0 Å². The highest BCUT2D eigenvalue weighted by atomic mass is 15.1. The molecule has 1 heterocycles. The Labute approximate surface area is 73.1 Å². The molecule has 62 valence electrons. The molecule has 2 rings (SSSR count). The fourth-order valence-electron chi connectivity index (χ4n) is 1.48. The van der Waals surface area contributed by atoms with Gasteiger partial charge in [-0.1, -0.05) is 36.4 Å². The fraction of sp³-hybridized carbons (Fsp3) is 0.273. The molecular weight excluding hydrogens is 146 g/mol. The van der Waals surface area contributed by atoms with Crippen molar-refractivity contribution in [3.8, 4) is 0 Å². The molecule has 1 unspecified atom stereocenters. The Balaban J connectivity index is 2.28. The molecule has 1 aliphatic rings. The first-order valence-electron chi connectivity index (χ1n) is 4.37. The van der Waals surface area contributed by atoms with Crippen LogP contribution in [-0.2, 0) is 0 Å². The summed E-state index contributed by atoms with van der Waals surface area (Å²) in [6, 6.07) is 11.2. The predicted molar refractivity (Wildman–Crippen MR) is 51.9 cm³/mol. The highest BCUT2D eigenvalue weighted by Crippen LogP contribution is 2.22. The van der Waals surface area contributed by atoms with Gasteiger partial charge in [-0.2, -0.15) is 0 Å². The Morgan fingerprint density at radius 1 is 1.42 bits per heavy atom. The van der Waals surface area contributed by atoms with Gasteiger partial charge in [-0.15, -0.1) is 0 Å². The van der Waals surface area contributed by atoms with E-state index in [1.54, 1.807) is 0 Å². The molecule has 0 saturated carbocycles. The van der Waals surface area contributed by atoms with E-state index in [2.05, 4.69) is 48.6 Å². The summed E-state index contributed by atoms with van der Waals surface area (Å²) in [6.07, 6.45) is 2.19. The molecule has 1 saturated heterocycles. The first kappa shape index (κ1) is 7.56. The van der Waals surface area contributed by atoms with Crippen LogP contribution >= 0.6 is 0 Å². The maximum absolute atomic E-state index is 3.32. The average Bonchev–Trinajstić information content (AvgIpc) is 2.92. The van der Waals surface area contributed by atoms with Crippen LogP contribution in [0.5, 0.6) is 0 Å². The molecule has 1 N–H and O–H groups in total. The monoisotopic (exact) mass is 159 g/mol. The predicted octanol–water partition coefficient (Wildman–Crippen LogP) is 2.06. The van der Waals surface area contributed by atoms with Gasteiger partial charge in [0.25, 0.3) is 0 Å². The van der Waals surface area contributed by atoms with Crippen LogP contribution in [-0.4, -0.2) is 12.6 Å². The van der Waals surface area contributed by atoms with Crippen molar-refractivity contribution in [2.45, 2.75) is 13.0 Å². The lowest BCUT2D eigenvalue weighted by Crippen LogP contribution is -1.95. The second-order valence-electron chi connectivity index (χ2n) is 3.07. The second kappa shape index (κ2) is 3.11. The molecule has 12 heavy (non-hydrogen) atoms. The molecule has 0 radical (unpaired) electrons. The van der Waals surface area contributed by atoms with Crippen LogP contribution in [0, 0.1) is 0 Å². The number of rotatable bonds is 2. The quantitative estimate of drug-likeness (QED) is 0.655. The minimum atomic E-state index is 0.609. The Hall–Kier alpha value is -1.08. The van der Waals surface area contributed by atoms with Gasteiger partial charge in [0.05, 0.1) is 0 Å². The SMILES string of the molecule is C/C=C(/c1ccccc1)C1CN1. The lowest BCUT2D eigenvalue weighted by molar-refractivity contribution is 1.21. The Kier molecular flexibility index (Phi) is 1.96. The van der Waals surface area contributed by atoms with Crippen molar-refractivity contribution >= 4 is 5.57 Å². The lowest BCUT2D eigenvalue weighted by Gasteiger charge is -2.02. The van der Waals surface area contributed by atoms with E-state index in [1.807, 2.05) is 0 Å².